The third kappa shape index (κ3) is 13.7. The van der Waals surface area contributed by atoms with Crippen LogP contribution in [0.2, 0.25) is 0 Å². The van der Waals surface area contributed by atoms with E-state index in [1.807, 2.05) is 65.3 Å². The van der Waals surface area contributed by atoms with Crippen molar-refractivity contribution in [1.29, 1.82) is 0 Å². The summed E-state index contributed by atoms with van der Waals surface area (Å²) in [6.07, 6.45) is 6.94. The second-order valence-corrected chi connectivity index (χ2v) is 12.0. The quantitative estimate of drug-likeness (QED) is 0.0644. The van der Waals surface area contributed by atoms with Gasteiger partial charge < -0.3 is 47.4 Å². The van der Waals surface area contributed by atoms with Crippen LogP contribution in [0.3, 0.4) is 0 Å². The molecule has 0 aliphatic rings. The molecule has 0 N–H and O–H groups in total. The van der Waals surface area contributed by atoms with Gasteiger partial charge in [-0.3, -0.25) is 0 Å². The number of rotatable bonds is 18. The van der Waals surface area contributed by atoms with E-state index in [1.54, 1.807) is 36.4 Å². The highest BCUT2D eigenvalue weighted by molar-refractivity contribution is 5.91. The second-order valence-electron chi connectivity index (χ2n) is 12.0. The normalized spacial score (nSPS) is 11.8. The number of nitrogens with zero attached hydrogens (tertiary/aromatic N) is 1. The summed E-state index contributed by atoms with van der Waals surface area (Å²) < 4.78 is 23.1. The van der Waals surface area contributed by atoms with Gasteiger partial charge in [-0.15, -0.1) is 0 Å². The van der Waals surface area contributed by atoms with Crippen molar-refractivity contribution in [2.75, 3.05) is 34.4 Å². The van der Waals surface area contributed by atoms with Gasteiger partial charge in [0.25, 0.3) is 0 Å². The number of benzene rings is 3. The van der Waals surface area contributed by atoms with Crippen LogP contribution in [0.4, 0.5) is 0 Å². The molecular weight excluding hydrogens is 669 g/mol. The molecule has 1 atom stereocenters. The first-order valence-electron chi connectivity index (χ1n) is 15.4. The largest absolute Gasteiger partial charge is 1.00 e. The van der Waals surface area contributed by atoms with Crippen LogP contribution in [0.5, 0.6) is 17.2 Å². The van der Waals surface area contributed by atoms with E-state index in [4.69, 9.17) is 18.9 Å². The molecule has 1 unspecified atom stereocenters. The molecule has 8 heteroatoms. The minimum absolute atomic E-state index is 0. The smallest absolute Gasteiger partial charge is 0.365 e. The molecule has 0 heterocycles. The Morgan fingerprint density at radius 3 is 1.82 bits per heavy atom. The van der Waals surface area contributed by atoms with Crippen molar-refractivity contribution in [3.05, 3.63) is 90.0 Å². The molecule has 0 saturated carbocycles. The molecule has 3 aromatic carbocycles. The molecule has 0 fully saturated rings. The predicted molar refractivity (Wildman–Crippen MR) is 170 cm³/mol. The zero-order valence-electron chi connectivity index (χ0n) is 26.8. The third-order valence-electron chi connectivity index (χ3n) is 7.03. The summed E-state index contributed by atoms with van der Waals surface area (Å²) in [4.78, 5) is 25.2. The van der Waals surface area contributed by atoms with Gasteiger partial charge in [-0.25, -0.2) is 9.59 Å². The summed E-state index contributed by atoms with van der Waals surface area (Å²) in [5.41, 5.74) is 1.61. The highest BCUT2D eigenvalue weighted by atomic mass is 127. The Balaban J connectivity index is 0.00000675. The van der Waals surface area contributed by atoms with Gasteiger partial charge in [0.1, 0.15) is 17.2 Å². The number of esters is 2. The summed E-state index contributed by atoms with van der Waals surface area (Å²) in [7, 11) is 6.11. The van der Waals surface area contributed by atoms with Gasteiger partial charge in [0.15, 0.2) is 6.04 Å². The fraction of sp³-hybridized carbons (Fsp3) is 0.444. The van der Waals surface area contributed by atoms with Crippen molar-refractivity contribution in [2.45, 2.75) is 70.9 Å². The maximum atomic E-state index is 12.8. The molecule has 0 aliphatic heterocycles. The number of carbonyl (C=O) groups is 2. The maximum absolute atomic E-state index is 12.8. The Morgan fingerprint density at radius 2 is 1.23 bits per heavy atom. The van der Waals surface area contributed by atoms with Crippen molar-refractivity contribution >= 4 is 11.9 Å². The minimum atomic E-state index is -0.417. The molecule has 0 saturated heterocycles. The van der Waals surface area contributed by atoms with Crippen LogP contribution in [-0.2, 0) is 16.0 Å². The molecule has 3 aromatic rings. The van der Waals surface area contributed by atoms with Gasteiger partial charge in [-0.1, -0.05) is 56.0 Å². The lowest BCUT2D eigenvalue weighted by Crippen LogP contribution is -3.00. The number of quaternary nitrogens is 1. The van der Waals surface area contributed by atoms with Crippen LogP contribution in [0.15, 0.2) is 78.9 Å². The van der Waals surface area contributed by atoms with Crippen molar-refractivity contribution < 1.29 is 57.0 Å². The Morgan fingerprint density at radius 1 is 0.682 bits per heavy atom. The van der Waals surface area contributed by atoms with E-state index in [2.05, 4.69) is 12.1 Å². The van der Waals surface area contributed by atoms with Crippen molar-refractivity contribution in [1.82, 2.24) is 0 Å². The molecular formula is C36H48INO6. The Kier molecular flexibility index (Phi) is 16.3. The first-order chi connectivity index (χ1) is 20.6. The standard InChI is InChI=1S/C36H48NO6.HI/c1-28(2)42-32-19-17-30(18-20-32)35(38)43-33-23-21-31(22-24-33)40-25-13-8-6-7-9-14-26-41-36(39)34(37(3,4)5)27-29-15-11-10-12-16-29;/h10-12,15-24,28,34H,6-9,13-14,25-27H2,1-5H3;1H/q+1;/p-1. The Labute approximate surface area is 280 Å². The SMILES string of the molecule is CC(C)Oc1ccc(C(=O)Oc2ccc(OCCCCCCCCOC(=O)C(Cc3ccccc3)[N+](C)(C)C)cc2)cc1.[I-]. The molecule has 240 valence electrons. The van der Waals surface area contributed by atoms with Crippen molar-refractivity contribution in [2.24, 2.45) is 0 Å². The average molecular weight is 718 g/mol. The molecule has 0 spiro atoms. The number of hydrogen-bond donors (Lipinski definition) is 0. The molecule has 0 aliphatic carbocycles. The van der Waals surface area contributed by atoms with Crippen LogP contribution >= 0.6 is 0 Å². The van der Waals surface area contributed by atoms with Crippen LogP contribution in [-0.4, -0.2) is 62.9 Å². The lowest BCUT2D eigenvalue weighted by atomic mass is 10.0. The maximum Gasteiger partial charge on any atom is 0.365 e. The predicted octanol–water partition coefficient (Wildman–Crippen LogP) is 4.28. The second kappa shape index (κ2) is 19.3. The highest BCUT2D eigenvalue weighted by Gasteiger charge is 2.33. The summed E-state index contributed by atoms with van der Waals surface area (Å²) in [5, 5.41) is 0. The summed E-state index contributed by atoms with van der Waals surface area (Å²) in [6.45, 7) is 5.02. The monoisotopic (exact) mass is 717 g/mol. The van der Waals surface area contributed by atoms with Gasteiger partial charge in [0.2, 0.25) is 0 Å². The van der Waals surface area contributed by atoms with Crippen molar-refractivity contribution in [3.8, 4) is 17.2 Å². The van der Waals surface area contributed by atoms with Crippen molar-refractivity contribution in [3.63, 3.8) is 0 Å². The molecule has 0 aromatic heterocycles. The fourth-order valence-corrected chi connectivity index (χ4v) is 4.59. The Bertz CT molecular complexity index is 1240. The number of likely N-dealkylation sites (N-methyl/N-ethyl adjacent to an activating group) is 1. The molecule has 0 radical (unpaired) electrons. The van der Waals surface area contributed by atoms with Crippen LogP contribution in [0.25, 0.3) is 0 Å². The first-order valence-corrected chi connectivity index (χ1v) is 15.4. The fourth-order valence-electron chi connectivity index (χ4n) is 4.59. The van der Waals surface area contributed by atoms with Gasteiger partial charge in [-0.2, -0.15) is 0 Å². The number of ether oxygens (including phenoxy) is 4. The zero-order valence-corrected chi connectivity index (χ0v) is 29.0. The number of carbonyl (C=O) groups excluding carboxylic acids is 2. The topological polar surface area (TPSA) is 71.1 Å². The lowest BCUT2D eigenvalue weighted by Gasteiger charge is -2.32. The van der Waals surface area contributed by atoms with Gasteiger partial charge >= 0.3 is 11.9 Å². The van der Waals surface area contributed by atoms with E-state index in [0.29, 0.717) is 35.4 Å². The average Bonchev–Trinajstić information content (AvgIpc) is 2.97. The highest BCUT2D eigenvalue weighted by Crippen LogP contribution is 2.21. The van der Waals surface area contributed by atoms with Gasteiger partial charge in [-0.05, 0) is 80.8 Å². The molecule has 3 rings (SSSR count). The number of halogens is 1. The van der Waals surface area contributed by atoms with E-state index >= 15 is 0 Å². The van der Waals surface area contributed by atoms with E-state index in [-0.39, 0.29) is 42.1 Å². The lowest BCUT2D eigenvalue weighted by molar-refractivity contribution is -0.887. The van der Waals surface area contributed by atoms with Crippen LogP contribution in [0.1, 0.15) is 68.3 Å². The van der Waals surface area contributed by atoms with E-state index < -0.39 is 5.97 Å². The van der Waals surface area contributed by atoms with E-state index in [9.17, 15) is 9.59 Å². The molecule has 7 nitrogen and oxygen atoms in total. The summed E-state index contributed by atoms with van der Waals surface area (Å²) >= 11 is 0. The zero-order chi connectivity index (χ0) is 31.1. The first kappa shape index (κ1) is 37.1. The number of hydrogen-bond acceptors (Lipinski definition) is 6. The molecule has 0 bridgehead atoms. The van der Waals surface area contributed by atoms with Crippen LogP contribution in [0, 0.1) is 0 Å². The summed E-state index contributed by atoms with van der Waals surface area (Å²) in [5.74, 6) is 1.39. The van der Waals surface area contributed by atoms with E-state index in [0.717, 1.165) is 55.6 Å². The minimum Gasteiger partial charge on any atom is -1.00 e. The Hall–Kier alpha value is -3.11. The van der Waals surface area contributed by atoms with Gasteiger partial charge in [0, 0.05) is 6.42 Å². The summed E-state index contributed by atoms with van der Waals surface area (Å²) in [6, 6.07) is 23.9. The third-order valence-corrected chi connectivity index (χ3v) is 7.03. The molecule has 44 heavy (non-hydrogen) atoms. The van der Waals surface area contributed by atoms with E-state index in [1.165, 1.54) is 0 Å². The molecule has 0 amide bonds. The number of unbranched alkanes of at least 4 members (excludes halogenated alkanes) is 5. The van der Waals surface area contributed by atoms with Crippen LogP contribution < -0.4 is 38.2 Å². The van der Waals surface area contributed by atoms with Gasteiger partial charge in [0.05, 0.1) is 46.0 Å².